The Morgan fingerprint density at radius 2 is 1.42 bits per heavy atom. The van der Waals surface area contributed by atoms with Crippen molar-refractivity contribution in [1.29, 1.82) is 0 Å². The Labute approximate surface area is 192 Å². The van der Waals surface area contributed by atoms with E-state index in [1.807, 2.05) is 17.0 Å². The second kappa shape index (κ2) is 9.17. The number of halogens is 1. The molecule has 5 nitrogen and oxygen atoms in total. The Hall–Kier alpha value is -3.48. The first-order valence-electron chi connectivity index (χ1n) is 11.2. The Morgan fingerprint density at radius 1 is 0.848 bits per heavy atom. The summed E-state index contributed by atoms with van der Waals surface area (Å²) in [5, 5.41) is 10.8. The second-order valence-corrected chi connectivity index (χ2v) is 8.47. The van der Waals surface area contributed by atoms with Crippen LogP contribution in [-0.2, 0) is 4.79 Å². The minimum Gasteiger partial charge on any atom is -0.480 e. The fraction of sp³-hybridized carbons (Fsp3) is 0.222. The monoisotopic (exact) mass is 443 g/mol. The quantitative estimate of drug-likeness (QED) is 0.448. The number of nitrogens with zero attached hydrogens (tertiary/aromatic N) is 2. The molecule has 0 bridgehead atoms. The number of piperazine rings is 1. The molecule has 2 N–H and O–H groups in total. The minimum atomic E-state index is -0.892. The van der Waals surface area contributed by atoms with E-state index in [2.05, 4.69) is 58.4 Å². The van der Waals surface area contributed by atoms with Gasteiger partial charge in [-0.05, 0) is 29.3 Å². The molecular formula is C27H26FN3O2. The normalized spacial score (nSPS) is 16.3. The van der Waals surface area contributed by atoms with Crippen molar-refractivity contribution < 1.29 is 14.3 Å². The molecule has 0 spiro atoms. The molecule has 0 aliphatic carbocycles. The highest BCUT2D eigenvalue weighted by atomic mass is 19.1. The summed E-state index contributed by atoms with van der Waals surface area (Å²) >= 11 is 0. The number of aliphatic carboxylic acids is 1. The lowest BCUT2D eigenvalue weighted by Gasteiger charge is -2.41. The summed E-state index contributed by atoms with van der Waals surface area (Å²) < 4.78 is 13.6. The molecule has 1 fully saturated rings. The third kappa shape index (κ3) is 4.27. The van der Waals surface area contributed by atoms with Gasteiger partial charge in [-0.1, -0.05) is 60.7 Å². The zero-order valence-electron chi connectivity index (χ0n) is 18.2. The van der Waals surface area contributed by atoms with E-state index in [0.29, 0.717) is 24.2 Å². The van der Waals surface area contributed by atoms with Crippen LogP contribution in [-0.4, -0.2) is 52.0 Å². The summed E-state index contributed by atoms with van der Waals surface area (Å²) in [6.45, 7) is 2.74. The maximum Gasteiger partial charge on any atom is 0.325 e. The first-order chi connectivity index (χ1) is 16.1. The van der Waals surface area contributed by atoms with Gasteiger partial charge < -0.3 is 10.1 Å². The summed E-state index contributed by atoms with van der Waals surface area (Å²) in [6, 6.07) is 24.6. The second-order valence-electron chi connectivity index (χ2n) is 8.47. The number of benzene rings is 3. The maximum atomic E-state index is 13.6. The van der Waals surface area contributed by atoms with E-state index < -0.39 is 12.0 Å². The summed E-state index contributed by atoms with van der Waals surface area (Å²) in [6.07, 6.45) is 1.70. The molecule has 6 heteroatoms. The first kappa shape index (κ1) is 21.4. The van der Waals surface area contributed by atoms with E-state index in [1.165, 1.54) is 23.3 Å². The minimum absolute atomic E-state index is 0.119. The van der Waals surface area contributed by atoms with Crippen LogP contribution >= 0.6 is 0 Å². The van der Waals surface area contributed by atoms with Gasteiger partial charge in [-0.15, -0.1) is 0 Å². The molecule has 1 aromatic heterocycles. The van der Waals surface area contributed by atoms with Crippen LogP contribution in [0.4, 0.5) is 4.39 Å². The summed E-state index contributed by atoms with van der Waals surface area (Å²) in [7, 11) is 0. The molecule has 0 radical (unpaired) electrons. The number of carbonyl (C=O) groups is 1. The van der Waals surface area contributed by atoms with E-state index >= 15 is 0 Å². The Bertz CT molecular complexity index is 1190. The molecule has 1 unspecified atom stereocenters. The van der Waals surface area contributed by atoms with E-state index in [4.69, 9.17) is 0 Å². The highest BCUT2D eigenvalue weighted by Gasteiger charge is 2.34. The molecule has 1 aliphatic rings. The van der Waals surface area contributed by atoms with Gasteiger partial charge in [-0.2, -0.15) is 0 Å². The number of hydrogen-bond donors (Lipinski definition) is 2. The van der Waals surface area contributed by atoms with Crippen molar-refractivity contribution in [3.8, 4) is 0 Å². The number of carboxylic acids is 1. The predicted molar refractivity (Wildman–Crippen MR) is 127 cm³/mol. The van der Waals surface area contributed by atoms with Crippen molar-refractivity contribution >= 4 is 16.9 Å². The zero-order chi connectivity index (χ0) is 22.8. The van der Waals surface area contributed by atoms with Crippen LogP contribution in [0.5, 0.6) is 0 Å². The number of aromatic amines is 1. The lowest BCUT2D eigenvalue weighted by Crippen LogP contribution is -2.50. The highest BCUT2D eigenvalue weighted by molar-refractivity contribution is 5.89. The van der Waals surface area contributed by atoms with Gasteiger partial charge in [-0.25, -0.2) is 4.39 Å². The Kier molecular flexibility index (Phi) is 5.94. The zero-order valence-corrected chi connectivity index (χ0v) is 18.2. The maximum absolute atomic E-state index is 13.6. The topological polar surface area (TPSA) is 59.6 Å². The van der Waals surface area contributed by atoms with Crippen LogP contribution in [0, 0.1) is 5.82 Å². The molecule has 0 amide bonds. The molecule has 33 heavy (non-hydrogen) atoms. The molecule has 1 atom stereocenters. The Morgan fingerprint density at radius 3 is 2.00 bits per heavy atom. The molecule has 5 rings (SSSR count). The summed E-state index contributed by atoms with van der Waals surface area (Å²) in [4.78, 5) is 19.8. The molecule has 3 aromatic carbocycles. The standard InChI is InChI=1S/C27H26FN3O2/c28-21-11-12-22-23(18-29-24(22)17-21)26(27(32)33)31-15-13-30(14-16-31)25(19-7-3-1-4-8-19)20-9-5-2-6-10-20/h1-12,17-18,25-26,29H,13-16H2,(H,32,33). The van der Waals surface area contributed by atoms with Gasteiger partial charge in [-0.3, -0.25) is 14.6 Å². The molecule has 0 saturated carbocycles. The first-order valence-corrected chi connectivity index (χ1v) is 11.2. The van der Waals surface area contributed by atoms with Gasteiger partial charge in [0.1, 0.15) is 11.9 Å². The van der Waals surface area contributed by atoms with Crippen molar-refractivity contribution in [3.05, 3.63) is 108 Å². The van der Waals surface area contributed by atoms with Crippen LogP contribution < -0.4 is 0 Å². The van der Waals surface area contributed by atoms with Crippen LogP contribution in [0.25, 0.3) is 10.9 Å². The molecule has 2 heterocycles. The van der Waals surface area contributed by atoms with Gasteiger partial charge in [0.25, 0.3) is 0 Å². The number of aromatic nitrogens is 1. The molecule has 4 aromatic rings. The average Bonchev–Trinajstić information content (AvgIpc) is 3.24. The Balaban J connectivity index is 1.40. The lowest BCUT2D eigenvalue weighted by atomic mass is 9.96. The third-order valence-corrected chi connectivity index (χ3v) is 6.51. The third-order valence-electron chi connectivity index (χ3n) is 6.51. The van der Waals surface area contributed by atoms with Gasteiger partial charge in [0.2, 0.25) is 0 Å². The van der Waals surface area contributed by atoms with Gasteiger partial charge in [0.15, 0.2) is 0 Å². The number of hydrogen-bond acceptors (Lipinski definition) is 3. The van der Waals surface area contributed by atoms with Crippen molar-refractivity contribution in [2.45, 2.75) is 12.1 Å². The largest absolute Gasteiger partial charge is 0.480 e. The number of fused-ring (bicyclic) bond motifs is 1. The highest BCUT2D eigenvalue weighted by Crippen LogP contribution is 2.33. The molecule has 168 valence electrons. The molecule has 1 aliphatic heterocycles. The van der Waals surface area contributed by atoms with Gasteiger partial charge in [0, 0.05) is 48.8 Å². The van der Waals surface area contributed by atoms with E-state index in [0.717, 1.165) is 18.5 Å². The average molecular weight is 444 g/mol. The van der Waals surface area contributed by atoms with Crippen molar-refractivity contribution in [1.82, 2.24) is 14.8 Å². The van der Waals surface area contributed by atoms with Crippen molar-refractivity contribution in [2.75, 3.05) is 26.2 Å². The number of nitrogens with one attached hydrogen (secondary N) is 1. The van der Waals surface area contributed by atoms with Crippen LogP contribution in [0.2, 0.25) is 0 Å². The van der Waals surface area contributed by atoms with E-state index in [-0.39, 0.29) is 11.9 Å². The van der Waals surface area contributed by atoms with Crippen LogP contribution in [0.1, 0.15) is 28.8 Å². The number of H-pyrrole nitrogens is 1. The lowest BCUT2D eigenvalue weighted by molar-refractivity contribution is -0.144. The number of carboxylic acid groups (broad SMARTS) is 1. The van der Waals surface area contributed by atoms with E-state index in [1.54, 1.807) is 12.3 Å². The van der Waals surface area contributed by atoms with Crippen molar-refractivity contribution in [2.24, 2.45) is 0 Å². The number of rotatable bonds is 6. The fourth-order valence-electron chi connectivity index (χ4n) is 4.97. The van der Waals surface area contributed by atoms with E-state index in [9.17, 15) is 14.3 Å². The van der Waals surface area contributed by atoms with Crippen LogP contribution in [0.3, 0.4) is 0 Å². The van der Waals surface area contributed by atoms with Gasteiger partial charge >= 0.3 is 5.97 Å². The summed E-state index contributed by atoms with van der Waals surface area (Å²) in [5.41, 5.74) is 3.74. The van der Waals surface area contributed by atoms with Gasteiger partial charge in [0.05, 0.1) is 6.04 Å². The SMILES string of the molecule is O=C(O)C(c1c[nH]c2cc(F)ccc12)N1CCN(C(c2ccccc2)c2ccccc2)CC1. The van der Waals surface area contributed by atoms with Crippen LogP contribution in [0.15, 0.2) is 85.1 Å². The molecular weight excluding hydrogens is 417 g/mol. The smallest absolute Gasteiger partial charge is 0.325 e. The fourth-order valence-corrected chi connectivity index (χ4v) is 4.97. The summed E-state index contributed by atoms with van der Waals surface area (Å²) in [5.74, 6) is -1.24. The van der Waals surface area contributed by atoms with Crippen molar-refractivity contribution in [3.63, 3.8) is 0 Å². The molecule has 1 saturated heterocycles. The predicted octanol–water partition coefficient (Wildman–Crippen LogP) is 4.84.